The first-order valence-corrected chi connectivity index (χ1v) is 8.41. The topological polar surface area (TPSA) is 44.8 Å². The van der Waals surface area contributed by atoms with Gasteiger partial charge in [0.1, 0.15) is 5.60 Å². The molecule has 0 bridgehead atoms. The van der Waals surface area contributed by atoms with E-state index in [2.05, 4.69) is 23.3 Å². The summed E-state index contributed by atoms with van der Waals surface area (Å²) in [5, 5.41) is 3.66. The molecule has 5 heteroatoms. The summed E-state index contributed by atoms with van der Waals surface area (Å²) < 4.78 is 5.42. The van der Waals surface area contributed by atoms with E-state index in [1.54, 1.807) is 4.90 Å². The summed E-state index contributed by atoms with van der Waals surface area (Å²) in [5.74, 6) is 0. The third-order valence-electron chi connectivity index (χ3n) is 4.29. The number of carbonyl (C=O) groups excluding carboxylic acids is 1. The Morgan fingerprint density at radius 3 is 2.55 bits per heavy atom. The molecule has 2 rings (SSSR count). The average Bonchev–Trinajstić information content (AvgIpc) is 2.45. The van der Waals surface area contributed by atoms with Crippen molar-refractivity contribution in [2.75, 3.05) is 39.8 Å². The van der Waals surface area contributed by atoms with Crippen molar-refractivity contribution in [1.29, 1.82) is 0 Å². The van der Waals surface area contributed by atoms with Crippen molar-refractivity contribution in [2.24, 2.45) is 0 Å². The summed E-state index contributed by atoms with van der Waals surface area (Å²) in [4.78, 5) is 16.2. The van der Waals surface area contributed by atoms with Crippen molar-refractivity contribution in [3.63, 3.8) is 0 Å². The molecule has 2 heterocycles. The summed E-state index contributed by atoms with van der Waals surface area (Å²) in [6, 6.07) is 0.640. The molecule has 0 aliphatic carbocycles. The Hall–Kier alpha value is -1.07. The molecule has 0 unspecified atom stereocenters. The highest BCUT2D eigenvalue weighted by molar-refractivity contribution is 5.68. The third-order valence-corrected chi connectivity index (χ3v) is 4.29. The zero-order chi connectivity index (χ0) is 16.2. The minimum Gasteiger partial charge on any atom is -0.444 e. The monoisotopic (exact) mass is 309 g/mol. The summed E-state index contributed by atoms with van der Waals surface area (Å²) in [5.41, 5.74) is 0.996. The third kappa shape index (κ3) is 5.61. The van der Waals surface area contributed by atoms with Gasteiger partial charge in [0.25, 0.3) is 0 Å². The number of nitrogens with zero attached hydrogens (tertiary/aromatic N) is 2. The lowest BCUT2D eigenvalue weighted by atomic mass is 10.0. The van der Waals surface area contributed by atoms with Gasteiger partial charge in [-0.1, -0.05) is 11.6 Å². The molecule has 0 spiro atoms. The van der Waals surface area contributed by atoms with Gasteiger partial charge in [-0.15, -0.1) is 0 Å². The molecule has 0 aromatic rings. The Morgan fingerprint density at radius 1 is 1.32 bits per heavy atom. The van der Waals surface area contributed by atoms with Crippen LogP contribution in [0.4, 0.5) is 4.79 Å². The van der Waals surface area contributed by atoms with Crippen LogP contribution in [0, 0.1) is 0 Å². The predicted octanol–water partition coefficient (Wildman–Crippen LogP) is 2.24. The smallest absolute Gasteiger partial charge is 0.410 e. The van der Waals surface area contributed by atoms with Crippen LogP contribution in [-0.4, -0.2) is 67.3 Å². The van der Waals surface area contributed by atoms with Gasteiger partial charge in [0, 0.05) is 25.7 Å². The van der Waals surface area contributed by atoms with E-state index in [4.69, 9.17) is 4.74 Å². The van der Waals surface area contributed by atoms with E-state index in [0.29, 0.717) is 12.6 Å². The molecular formula is C17H31N3O2. The van der Waals surface area contributed by atoms with Crippen LogP contribution < -0.4 is 5.32 Å². The summed E-state index contributed by atoms with van der Waals surface area (Å²) in [6.45, 7) is 10.5. The van der Waals surface area contributed by atoms with Crippen LogP contribution >= 0.6 is 0 Å². The minimum atomic E-state index is -0.420. The second kappa shape index (κ2) is 7.47. The fourth-order valence-electron chi connectivity index (χ4n) is 2.85. The van der Waals surface area contributed by atoms with E-state index in [1.807, 2.05) is 20.8 Å². The molecular weight excluding hydrogens is 278 g/mol. The van der Waals surface area contributed by atoms with Crippen LogP contribution in [0.2, 0.25) is 0 Å². The summed E-state index contributed by atoms with van der Waals surface area (Å²) in [6.07, 6.45) is 5.38. The number of hydrogen-bond donors (Lipinski definition) is 1. The van der Waals surface area contributed by atoms with E-state index in [9.17, 15) is 4.79 Å². The second-order valence-electron chi connectivity index (χ2n) is 7.50. The molecule has 0 aromatic heterocycles. The molecule has 0 saturated carbocycles. The second-order valence-corrected chi connectivity index (χ2v) is 7.50. The SMILES string of the molecule is CN1CCC(NCC2=CCN(C(=O)OC(C)(C)C)CC2)CC1. The molecule has 0 atom stereocenters. The highest BCUT2D eigenvalue weighted by Crippen LogP contribution is 2.16. The van der Waals surface area contributed by atoms with Crippen LogP contribution in [0.1, 0.15) is 40.0 Å². The minimum absolute atomic E-state index is 0.203. The molecule has 126 valence electrons. The predicted molar refractivity (Wildman–Crippen MR) is 89.0 cm³/mol. The first-order chi connectivity index (χ1) is 10.3. The number of ether oxygens (including phenoxy) is 1. The van der Waals surface area contributed by atoms with E-state index in [1.165, 1.54) is 31.5 Å². The van der Waals surface area contributed by atoms with Gasteiger partial charge in [-0.2, -0.15) is 0 Å². The number of amides is 1. The van der Waals surface area contributed by atoms with Crippen LogP contribution in [0.5, 0.6) is 0 Å². The number of piperidine rings is 1. The number of likely N-dealkylation sites (tertiary alicyclic amines) is 1. The fourth-order valence-corrected chi connectivity index (χ4v) is 2.85. The maximum atomic E-state index is 12.0. The van der Waals surface area contributed by atoms with Gasteiger partial charge in [-0.3, -0.25) is 0 Å². The zero-order valence-electron chi connectivity index (χ0n) is 14.5. The maximum absolute atomic E-state index is 12.0. The maximum Gasteiger partial charge on any atom is 0.410 e. The van der Waals surface area contributed by atoms with E-state index in [0.717, 1.165) is 19.5 Å². The van der Waals surface area contributed by atoms with Crippen molar-refractivity contribution in [3.8, 4) is 0 Å². The lowest BCUT2D eigenvalue weighted by Crippen LogP contribution is -2.43. The van der Waals surface area contributed by atoms with E-state index < -0.39 is 5.60 Å². The Bertz CT molecular complexity index is 407. The highest BCUT2D eigenvalue weighted by Gasteiger charge is 2.24. The average molecular weight is 309 g/mol. The van der Waals surface area contributed by atoms with E-state index >= 15 is 0 Å². The first-order valence-electron chi connectivity index (χ1n) is 8.41. The quantitative estimate of drug-likeness (QED) is 0.812. The standard InChI is InChI=1S/C17H31N3O2/c1-17(2,3)22-16(21)20-11-5-14(6-12-20)13-18-15-7-9-19(4)10-8-15/h5,15,18H,6-13H2,1-4H3. The number of rotatable bonds is 3. The lowest BCUT2D eigenvalue weighted by molar-refractivity contribution is 0.0265. The van der Waals surface area contributed by atoms with Gasteiger partial charge >= 0.3 is 6.09 Å². The Kier molecular flexibility index (Phi) is 5.87. The summed E-state index contributed by atoms with van der Waals surface area (Å²) in [7, 11) is 2.19. The van der Waals surface area contributed by atoms with Gasteiger partial charge in [0.15, 0.2) is 0 Å². The molecule has 1 amide bonds. The van der Waals surface area contributed by atoms with Crippen molar-refractivity contribution >= 4 is 6.09 Å². The number of hydrogen-bond acceptors (Lipinski definition) is 4. The Morgan fingerprint density at radius 2 is 2.00 bits per heavy atom. The van der Waals surface area contributed by atoms with Crippen molar-refractivity contribution in [3.05, 3.63) is 11.6 Å². The molecule has 0 aromatic carbocycles. The molecule has 1 fully saturated rings. The van der Waals surface area contributed by atoms with Gasteiger partial charge in [0.2, 0.25) is 0 Å². The van der Waals surface area contributed by atoms with Gasteiger partial charge in [0.05, 0.1) is 0 Å². The molecule has 2 aliphatic rings. The van der Waals surface area contributed by atoms with Gasteiger partial charge in [-0.25, -0.2) is 4.79 Å². The van der Waals surface area contributed by atoms with Crippen LogP contribution in [0.25, 0.3) is 0 Å². The van der Waals surface area contributed by atoms with E-state index in [-0.39, 0.29) is 6.09 Å². The Balaban J connectivity index is 1.71. The molecule has 0 radical (unpaired) electrons. The largest absolute Gasteiger partial charge is 0.444 e. The highest BCUT2D eigenvalue weighted by atomic mass is 16.6. The molecule has 1 saturated heterocycles. The van der Waals surface area contributed by atoms with Crippen molar-refractivity contribution in [1.82, 2.24) is 15.1 Å². The van der Waals surface area contributed by atoms with Crippen molar-refractivity contribution < 1.29 is 9.53 Å². The van der Waals surface area contributed by atoms with Gasteiger partial charge in [-0.05, 0) is 60.2 Å². The van der Waals surface area contributed by atoms with Crippen LogP contribution in [0.3, 0.4) is 0 Å². The summed E-state index contributed by atoms with van der Waals surface area (Å²) >= 11 is 0. The first kappa shape index (κ1) is 17.3. The van der Waals surface area contributed by atoms with Crippen LogP contribution in [0.15, 0.2) is 11.6 Å². The molecule has 1 N–H and O–H groups in total. The van der Waals surface area contributed by atoms with Crippen LogP contribution in [-0.2, 0) is 4.74 Å². The molecule has 22 heavy (non-hydrogen) atoms. The Labute approximate surface area is 134 Å². The fraction of sp³-hybridized carbons (Fsp3) is 0.824. The molecule has 5 nitrogen and oxygen atoms in total. The molecule has 2 aliphatic heterocycles. The number of nitrogens with one attached hydrogen (secondary N) is 1. The van der Waals surface area contributed by atoms with Gasteiger partial charge < -0.3 is 19.9 Å². The zero-order valence-corrected chi connectivity index (χ0v) is 14.5. The van der Waals surface area contributed by atoms with Crippen molar-refractivity contribution in [2.45, 2.75) is 51.7 Å². The number of carbonyl (C=O) groups is 1. The normalized spacial score (nSPS) is 21.6. The lowest BCUT2D eigenvalue weighted by Gasteiger charge is -2.32.